The number of aliphatic carboxylic acids is 1. The Morgan fingerprint density at radius 3 is 2.88 bits per heavy atom. The maximum absolute atomic E-state index is 11.5. The molecule has 3 N–H and O–H groups in total. The molecule has 0 saturated heterocycles. The van der Waals surface area contributed by atoms with Crippen LogP contribution >= 0.6 is 0 Å². The average molecular weight is 237 g/mol. The van der Waals surface area contributed by atoms with Crippen LogP contribution in [0.3, 0.4) is 0 Å². The number of H-pyrrole nitrogens is 1. The van der Waals surface area contributed by atoms with Gasteiger partial charge >= 0.3 is 5.97 Å². The molecule has 6 heteroatoms. The number of rotatable bonds is 6. The van der Waals surface area contributed by atoms with Crippen molar-refractivity contribution in [3.8, 4) is 0 Å². The van der Waals surface area contributed by atoms with Gasteiger partial charge in [-0.05, 0) is 18.8 Å². The van der Waals surface area contributed by atoms with E-state index in [2.05, 4.69) is 15.3 Å². The molecule has 1 aliphatic carbocycles. The van der Waals surface area contributed by atoms with Gasteiger partial charge in [-0.2, -0.15) is 0 Å². The zero-order chi connectivity index (χ0) is 12.3. The summed E-state index contributed by atoms with van der Waals surface area (Å²) in [7, 11) is 0. The molecule has 1 amide bonds. The summed E-state index contributed by atoms with van der Waals surface area (Å²) in [5.74, 6) is -0.750. The van der Waals surface area contributed by atoms with Crippen LogP contribution in [0.2, 0.25) is 0 Å². The van der Waals surface area contributed by atoms with Crippen molar-refractivity contribution in [2.75, 3.05) is 0 Å². The van der Waals surface area contributed by atoms with Crippen LogP contribution in [0.5, 0.6) is 0 Å². The van der Waals surface area contributed by atoms with Gasteiger partial charge in [0.05, 0.1) is 6.33 Å². The molecule has 1 saturated carbocycles. The van der Waals surface area contributed by atoms with Crippen molar-refractivity contribution in [2.45, 2.75) is 31.7 Å². The molecule has 1 aromatic heterocycles. The van der Waals surface area contributed by atoms with Crippen molar-refractivity contribution in [2.24, 2.45) is 5.92 Å². The number of aromatic amines is 1. The van der Waals surface area contributed by atoms with Crippen LogP contribution in [0.15, 0.2) is 12.5 Å². The van der Waals surface area contributed by atoms with Gasteiger partial charge in [0.25, 0.3) is 0 Å². The second kappa shape index (κ2) is 4.99. The number of hydrogen-bond acceptors (Lipinski definition) is 3. The van der Waals surface area contributed by atoms with Gasteiger partial charge in [0, 0.05) is 24.7 Å². The van der Waals surface area contributed by atoms with Gasteiger partial charge in [0.15, 0.2) is 0 Å². The van der Waals surface area contributed by atoms with Crippen molar-refractivity contribution in [3.05, 3.63) is 18.2 Å². The van der Waals surface area contributed by atoms with Gasteiger partial charge in [-0.1, -0.05) is 0 Å². The van der Waals surface area contributed by atoms with E-state index >= 15 is 0 Å². The summed E-state index contributed by atoms with van der Waals surface area (Å²) < 4.78 is 0. The van der Waals surface area contributed by atoms with E-state index in [0.717, 1.165) is 12.8 Å². The minimum atomic E-state index is -1.02. The summed E-state index contributed by atoms with van der Waals surface area (Å²) in [6.07, 6.45) is 5.86. The van der Waals surface area contributed by atoms with E-state index in [9.17, 15) is 9.59 Å². The van der Waals surface area contributed by atoms with Crippen molar-refractivity contribution < 1.29 is 14.7 Å². The second-order valence-corrected chi connectivity index (χ2v) is 4.39. The highest BCUT2D eigenvalue weighted by Crippen LogP contribution is 2.32. The molecule has 0 radical (unpaired) electrons. The molecule has 0 aromatic carbocycles. The molecule has 2 rings (SSSR count). The number of aromatic nitrogens is 2. The number of carbonyl (C=O) groups excluding carboxylic acids is 1. The van der Waals surface area contributed by atoms with E-state index in [1.165, 1.54) is 6.33 Å². The van der Waals surface area contributed by atoms with E-state index in [1.807, 2.05) is 0 Å². The van der Waals surface area contributed by atoms with E-state index in [-0.39, 0.29) is 12.3 Å². The van der Waals surface area contributed by atoms with E-state index in [0.29, 0.717) is 18.0 Å². The van der Waals surface area contributed by atoms with Crippen molar-refractivity contribution in [3.63, 3.8) is 0 Å². The van der Waals surface area contributed by atoms with Gasteiger partial charge < -0.3 is 15.4 Å². The first kappa shape index (κ1) is 11.6. The number of nitrogens with one attached hydrogen (secondary N) is 2. The lowest BCUT2D eigenvalue weighted by Gasteiger charge is -2.13. The monoisotopic (exact) mass is 237 g/mol. The molecule has 1 heterocycles. The lowest BCUT2D eigenvalue weighted by atomic mass is 10.1. The Kier molecular flexibility index (Phi) is 3.41. The molecule has 1 atom stereocenters. The number of carboxylic acid groups (broad SMARTS) is 1. The van der Waals surface area contributed by atoms with Gasteiger partial charge in [-0.15, -0.1) is 0 Å². The van der Waals surface area contributed by atoms with E-state index in [1.54, 1.807) is 6.20 Å². The zero-order valence-corrected chi connectivity index (χ0v) is 9.35. The average Bonchev–Trinajstić information content (AvgIpc) is 2.92. The van der Waals surface area contributed by atoms with Gasteiger partial charge in [0.1, 0.15) is 6.04 Å². The molecule has 1 aliphatic rings. The Morgan fingerprint density at radius 2 is 2.35 bits per heavy atom. The first-order valence-electron chi connectivity index (χ1n) is 5.64. The molecule has 1 fully saturated rings. The largest absolute Gasteiger partial charge is 0.480 e. The number of carboxylic acids is 1. The Morgan fingerprint density at radius 1 is 1.59 bits per heavy atom. The predicted octanol–water partition coefficient (Wildman–Crippen LogP) is 0.322. The topological polar surface area (TPSA) is 95.1 Å². The number of hydrogen-bond donors (Lipinski definition) is 3. The fourth-order valence-electron chi connectivity index (χ4n) is 1.65. The molecular weight excluding hydrogens is 222 g/mol. The predicted molar refractivity (Wildman–Crippen MR) is 59.2 cm³/mol. The third-order valence-electron chi connectivity index (χ3n) is 2.78. The summed E-state index contributed by atoms with van der Waals surface area (Å²) >= 11 is 0. The number of nitrogens with zero attached hydrogens (tertiary/aromatic N) is 1. The molecule has 0 spiro atoms. The molecule has 6 nitrogen and oxygen atoms in total. The fourth-order valence-corrected chi connectivity index (χ4v) is 1.65. The highest BCUT2D eigenvalue weighted by Gasteiger charge is 2.27. The summed E-state index contributed by atoms with van der Waals surface area (Å²) in [4.78, 5) is 29.2. The molecule has 17 heavy (non-hydrogen) atoms. The molecule has 1 unspecified atom stereocenters. The minimum absolute atomic E-state index is 0.181. The van der Waals surface area contributed by atoms with E-state index in [4.69, 9.17) is 5.11 Å². The fraction of sp³-hybridized carbons (Fsp3) is 0.545. The summed E-state index contributed by atoms with van der Waals surface area (Å²) in [6, 6.07) is -0.887. The minimum Gasteiger partial charge on any atom is -0.480 e. The van der Waals surface area contributed by atoms with Crippen LogP contribution < -0.4 is 5.32 Å². The molecule has 0 aliphatic heterocycles. The van der Waals surface area contributed by atoms with Gasteiger partial charge in [0.2, 0.25) is 5.91 Å². The Hall–Kier alpha value is -1.85. The van der Waals surface area contributed by atoms with Crippen LogP contribution in [0.4, 0.5) is 0 Å². The second-order valence-electron chi connectivity index (χ2n) is 4.39. The zero-order valence-electron chi connectivity index (χ0n) is 9.35. The van der Waals surface area contributed by atoms with Crippen molar-refractivity contribution >= 4 is 11.9 Å². The number of imidazole rings is 1. The standard InChI is InChI=1S/C11H15N3O3/c15-10(3-7-1-2-7)14-9(11(16)17)4-8-5-12-6-13-8/h5-7,9H,1-4H2,(H,12,13)(H,14,15)(H,16,17). The Bertz CT molecular complexity index is 398. The SMILES string of the molecule is O=C(CC1CC1)NC(Cc1cnc[nH]1)C(=O)O. The quantitative estimate of drug-likeness (QED) is 0.664. The molecule has 92 valence electrons. The van der Waals surface area contributed by atoms with Gasteiger partial charge in [-0.3, -0.25) is 4.79 Å². The van der Waals surface area contributed by atoms with E-state index < -0.39 is 12.0 Å². The lowest BCUT2D eigenvalue weighted by molar-refractivity contribution is -0.141. The highest BCUT2D eigenvalue weighted by atomic mass is 16.4. The molecule has 0 bridgehead atoms. The smallest absolute Gasteiger partial charge is 0.326 e. The Labute approximate surface area is 98.4 Å². The third-order valence-corrected chi connectivity index (χ3v) is 2.78. The van der Waals surface area contributed by atoms with Crippen LogP contribution in [0.1, 0.15) is 25.0 Å². The maximum atomic E-state index is 11.5. The highest BCUT2D eigenvalue weighted by molar-refractivity contribution is 5.83. The molecule has 1 aromatic rings. The van der Waals surface area contributed by atoms with Crippen LogP contribution in [-0.4, -0.2) is 33.0 Å². The first-order chi connectivity index (χ1) is 8.15. The van der Waals surface area contributed by atoms with Crippen LogP contribution in [0, 0.1) is 5.92 Å². The van der Waals surface area contributed by atoms with Crippen LogP contribution in [-0.2, 0) is 16.0 Å². The van der Waals surface area contributed by atoms with Gasteiger partial charge in [-0.25, -0.2) is 9.78 Å². The number of amides is 1. The van der Waals surface area contributed by atoms with Crippen molar-refractivity contribution in [1.82, 2.24) is 15.3 Å². The Balaban J connectivity index is 1.87. The summed E-state index contributed by atoms with van der Waals surface area (Å²) in [6.45, 7) is 0. The lowest BCUT2D eigenvalue weighted by Crippen LogP contribution is -2.42. The van der Waals surface area contributed by atoms with Crippen molar-refractivity contribution in [1.29, 1.82) is 0 Å². The molecular formula is C11H15N3O3. The normalized spacial score (nSPS) is 16.5. The first-order valence-corrected chi connectivity index (χ1v) is 5.64. The summed E-state index contributed by atoms with van der Waals surface area (Å²) in [5.41, 5.74) is 0.698. The summed E-state index contributed by atoms with van der Waals surface area (Å²) in [5, 5.41) is 11.6. The maximum Gasteiger partial charge on any atom is 0.326 e. The van der Waals surface area contributed by atoms with Crippen LogP contribution in [0.25, 0.3) is 0 Å². The third kappa shape index (κ3) is 3.58. The number of carbonyl (C=O) groups is 2.